The molecule has 0 spiro atoms. The molecule has 26 heavy (non-hydrogen) atoms. The third-order valence-electron chi connectivity index (χ3n) is 6.42. The van der Waals surface area contributed by atoms with Gasteiger partial charge in [0.2, 0.25) is 0 Å². The van der Waals surface area contributed by atoms with Gasteiger partial charge in [-0.25, -0.2) is 18.1 Å². The van der Waals surface area contributed by atoms with Crippen molar-refractivity contribution in [2.75, 3.05) is 0 Å². The second kappa shape index (κ2) is 9.23. The smallest absolute Gasteiger partial charge is 0.194 e. The normalized spacial score (nSPS) is 30.5. The molecule has 0 aliphatic heterocycles. The molecule has 1 aromatic carbocycles. The fourth-order valence-corrected chi connectivity index (χ4v) is 4.83. The van der Waals surface area contributed by atoms with Crippen LogP contribution in [0.2, 0.25) is 0 Å². The summed E-state index contributed by atoms with van der Waals surface area (Å²) in [6.45, 7) is 2.32. The minimum atomic E-state index is -1.49. The average Bonchev–Trinajstić information content (AvgIpc) is 2.61. The van der Waals surface area contributed by atoms with Crippen LogP contribution in [0.25, 0.3) is 0 Å². The minimum absolute atomic E-state index is 0. The van der Waals surface area contributed by atoms with Crippen LogP contribution in [0.5, 0.6) is 0 Å². The van der Waals surface area contributed by atoms with Gasteiger partial charge < -0.3 is 0 Å². The van der Waals surface area contributed by atoms with E-state index in [9.17, 15) is 18.4 Å². The van der Waals surface area contributed by atoms with E-state index >= 15 is 0 Å². The monoisotopic (exact) mass is 376 g/mol. The zero-order valence-electron chi connectivity index (χ0n) is 14.7. The number of hydrogen-bond donors (Lipinski definition) is 1. The first-order chi connectivity index (χ1) is 12.0. The van der Waals surface area contributed by atoms with E-state index in [4.69, 9.17) is 0 Å². The molecule has 1 unspecified atom stereocenters. The van der Waals surface area contributed by atoms with Gasteiger partial charge in [0, 0.05) is 2.85 Å². The third-order valence-corrected chi connectivity index (χ3v) is 6.42. The molecular weight excluding hydrogens is 341 g/mol. The maximum atomic E-state index is 13.5. The highest BCUT2D eigenvalue weighted by molar-refractivity contribution is 5.22. The first-order valence-corrected chi connectivity index (χ1v) is 9.44. The van der Waals surface area contributed by atoms with Crippen LogP contribution in [-0.2, 0) is 4.89 Å². The van der Waals surface area contributed by atoms with Crippen LogP contribution in [0.4, 0.5) is 13.2 Å². The molecule has 0 amide bonds. The fraction of sp³-hybridized carbons (Fsp3) is 0.714. The maximum Gasteiger partial charge on any atom is 0.194 e. The summed E-state index contributed by atoms with van der Waals surface area (Å²) < 4.78 is 40.1. The van der Waals surface area contributed by atoms with Crippen molar-refractivity contribution in [2.24, 2.45) is 23.7 Å². The van der Waals surface area contributed by atoms with Gasteiger partial charge in [0.25, 0.3) is 0 Å². The van der Waals surface area contributed by atoms with Crippen molar-refractivity contribution < 1.29 is 26.2 Å². The topological polar surface area (TPSA) is 29.5 Å². The van der Waals surface area contributed by atoms with Gasteiger partial charge >= 0.3 is 0 Å². The Kier molecular flexibility index (Phi) is 7.53. The van der Waals surface area contributed by atoms with E-state index in [1.54, 1.807) is 0 Å². The Morgan fingerprint density at radius 2 is 1.38 bits per heavy atom. The van der Waals surface area contributed by atoms with E-state index in [1.807, 2.05) is 0 Å². The van der Waals surface area contributed by atoms with Crippen LogP contribution in [0.3, 0.4) is 0 Å². The van der Waals surface area contributed by atoms with Crippen LogP contribution >= 0.6 is 0 Å². The summed E-state index contributed by atoms with van der Waals surface area (Å²) in [7, 11) is 0. The zero-order valence-corrected chi connectivity index (χ0v) is 14.7. The summed E-state index contributed by atoms with van der Waals surface area (Å²) in [6.07, 6.45) is 8.20. The van der Waals surface area contributed by atoms with Gasteiger partial charge in [0.1, 0.15) is 6.10 Å². The number of hydrogen-bond acceptors (Lipinski definition) is 2. The van der Waals surface area contributed by atoms with E-state index in [-0.39, 0.29) is 21.8 Å². The lowest BCUT2D eigenvalue weighted by Crippen LogP contribution is -2.28. The van der Waals surface area contributed by atoms with Crippen molar-refractivity contribution in [3.05, 3.63) is 35.1 Å². The Morgan fingerprint density at radius 1 is 0.923 bits per heavy atom. The first-order valence-electron chi connectivity index (χ1n) is 9.44. The summed E-state index contributed by atoms with van der Waals surface area (Å²) >= 11 is 0. The molecule has 1 atom stereocenters. The SMILES string of the molecule is C.CC1CCC(C2CCC(C(OO)c3cc(F)c(F)c(F)c3)CC2)CC1.[HH].[HH]. The van der Waals surface area contributed by atoms with Gasteiger partial charge in [-0.3, -0.25) is 5.26 Å². The molecule has 2 aliphatic carbocycles. The lowest BCUT2D eigenvalue weighted by molar-refractivity contribution is -0.296. The van der Waals surface area contributed by atoms with E-state index in [0.717, 1.165) is 49.7 Å². The van der Waals surface area contributed by atoms with Gasteiger partial charge in [-0.2, -0.15) is 0 Å². The Labute approximate surface area is 157 Å². The predicted molar refractivity (Wildman–Crippen MR) is 100 cm³/mol. The van der Waals surface area contributed by atoms with Crippen molar-refractivity contribution in [1.82, 2.24) is 0 Å². The number of benzene rings is 1. The molecule has 2 aliphatic rings. The highest BCUT2D eigenvalue weighted by Gasteiger charge is 2.34. The molecule has 5 heteroatoms. The Bertz CT molecular complexity index is 564. The third kappa shape index (κ3) is 4.61. The lowest BCUT2D eigenvalue weighted by Gasteiger charge is -2.38. The molecule has 1 aromatic rings. The van der Waals surface area contributed by atoms with Crippen molar-refractivity contribution in [2.45, 2.75) is 71.8 Å². The molecule has 2 nitrogen and oxygen atoms in total. The van der Waals surface area contributed by atoms with Crippen molar-refractivity contribution in [1.29, 1.82) is 0 Å². The van der Waals surface area contributed by atoms with Gasteiger partial charge in [-0.05, 0) is 79.9 Å². The molecule has 0 bridgehead atoms. The summed E-state index contributed by atoms with van der Waals surface area (Å²) in [4.78, 5) is 4.56. The Hall–Kier alpha value is -1.07. The average molecular weight is 377 g/mol. The minimum Gasteiger partial charge on any atom is -0.251 e. The van der Waals surface area contributed by atoms with Crippen molar-refractivity contribution in [3.63, 3.8) is 0 Å². The van der Waals surface area contributed by atoms with Crippen molar-refractivity contribution >= 4 is 0 Å². The van der Waals surface area contributed by atoms with Gasteiger partial charge in [-0.1, -0.05) is 27.2 Å². The molecule has 152 valence electrons. The molecular formula is C21H35F3O2. The number of rotatable bonds is 4. The van der Waals surface area contributed by atoms with E-state index in [0.29, 0.717) is 5.92 Å². The van der Waals surface area contributed by atoms with Crippen LogP contribution in [0, 0.1) is 41.1 Å². The molecule has 2 fully saturated rings. The molecule has 0 aromatic heterocycles. The molecule has 1 N–H and O–H groups in total. The summed E-state index contributed by atoms with van der Waals surface area (Å²) in [5.41, 5.74) is 0.161. The van der Waals surface area contributed by atoms with Gasteiger partial charge in [0.05, 0.1) is 0 Å². The summed E-state index contributed by atoms with van der Waals surface area (Å²) in [6, 6.07) is 1.85. The van der Waals surface area contributed by atoms with Crippen LogP contribution in [-0.4, -0.2) is 5.26 Å². The maximum absolute atomic E-state index is 13.5. The first kappa shape index (κ1) is 21.2. The van der Waals surface area contributed by atoms with E-state index in [2.05, 4.69) is 11.8 Å². The zero-order chi connectivity index (χ0) is 18.0. The van der Waals surface area contributed by atoms with Crippen LogP contribution < -0.4 is 0 Å². The largest absolute Gasteiger partial charge is 0.251 e. The lowest BCUT2D eigenvalue weighted by atomic mass is 9.68. The Balaban J connectivity index is 0.00000243. The summed E-state index contributed by atoms with van der Waals surface area (Å²) in [5.74, 6) is -1.67. The number of halogens is 3. The Morgan fingerprint density at radius 3 is 1.85 bits per heavy atom. The van der Waals surface area contributed by atoms with Gasteiger partial charge in [-0.15, -0.1) is 0 Å². The van der Waals surface area contributed by atoms with Gasteiger partial charge in [0.15, 0.2) is 17.5 Å². The summed E-state index contributed by atoms with van der Waals surface area (Å²) in [5, 5.41) is 9.29. The second-order valence-corrected chi connectivity index (χ2v) is 8.02. The molecule has 0 saturated heterocycles. The van der Waals surface area contributed by atoms with E-state index in [1.165, 1.54) is 25.7 Å². The highest BCUT2D eigenvalue weighted by atomic mass is 19.2. The molecule has 0 radical (unpaired) electrons. The molecule has 0 heterocycles. The molecule has 3 rings (SSSR count). The molecule has 2 saturated carbocycles. The predicted octanol–water partition coefficient (Wildman–Crippen LogP) is 7.40. The van der Waals surface area contributed by atoms with E-state index < -0.39 is 23.6 Å². The second-order valence-electron chi connectivity index (χ2n) is 8.02. The quantitative estimate of drug-likeness (QED) is 0.337. The highest BCUT2D eigenvalue weighted by Crippen LogP contribution is 2.45. The standard InChI is InChI=1S/C20H27F3O2.CH4.2H2/c1-12-2-4-13(5-3-12)14-6-8-15(9-7-14)20(25-24)16-10-17(21)19(23)18(22)11-16;;;/h10-15,20,24H,2-9H2,1H3;1H4;2*1H. The van der Waals surface area contributed by atoms with Crippen LogP contribution in [0.15, 0.2) is 12.1 Å². The van der Waals surface area contributed by atoms with Crippen molar-refractivity contribution in [3.8, 4) is 0 Å². The fourth-order valence-electron chi connectivity index (χ4n) is 4.83. The van der Waals surface area contributed by atoms with Crippen LogP contribution in [0.1, 0.15) is 80.2 Å².